The SMILES string of the molecule is Cc1cncc(C(=O)N(CCBr)C(C)C)c1. The molecule has 0 radical (unpaired) electrons. The molecular formula is C12H17BrN2O. The van der Waals surface area contributed by atoms with E-state index in [1.54, 1.807) is 12.4 Å². The van der Waals surface area contributed by atoms with Crippen molar-refractivity contribution in [1.82, 2.24) is 9.88 Å². The quantitative estimate of drug-likeness (QED) is 0.797. The van der Waals surface area contributed by atoms with Crippen LogP contribution >= 0.6 is 15.9 Å². The number of nitrogens with zero attached hydrogens (tertiary/aromatic N) is 2. The van der Waals surface area contributed by atoms with Crippen molar-refractivity contribution in [1.29, 1.82) is 0 Å². The van der Waals surface area contributed by atoms with Gasteiger partial charge in [-0.2, -0.15) is 0 Å². The molecule has 1 rings (SSSR count). The minimum Gasteiger partial charge on any atom is -0.335 e. The molecule has 0 bridgehead atoms. The van der Waals surface area contributed by atoms with Gasteiger partial charge in [-0.05, 0) is 32.4 Å². The second kappa shape index (κ2) is 5.99. The Balaban J connectivity index is 2.90. The Hall–Kier alpha value is -0.900. The van der Waals surface area contributed by atoms with Crippen molar-refractivity contribution in [2.45, 2.75) is 26.8 Å². The molecule has 0 atom stereocenters. The Kier molecular flexibility index (Phi) is 4.93. The number of alkyl halides is 1. The number of hydrogen-bond donors (Lipinski definition) is 0. The van der Waals surface area contributed by atoms with E-state index in [2.05, 4.69) is 20.9 Å². The zero-order valence-electron chi connectivity index (χ0n) is 9.90. The molecule has 0 aliphatic carbocycles. The van der Waals surface area contributed by atoms with Crippen LogP contribution in [0.2, 0.25) is 0 Å². The van der Waals surface area contributed by atoms with E-state index in [4.69, 9.17) is 0 Å². The number of pyridine rings is 1. The standard InChI is InChI=1S/C12H17BrN2O/c1-9(2)15(5-4-13)12(16)11-6-10(3)7-14-8-11/h6-9H,4-5H2,1-3H3. The van der Waals surface area contributed by atoms with Gasteiger partial charge in [-0.1, -0.05) is 15.9 Å². The van der Waals surface area contributed by atoms with Crippen LogP contribution in [0.4, 0.5) is 0 Å². The maximum Gasteiger partial charge on any atom is 0.255 e. The van der Waals surface area contributed by atoms with E-state index in [1.807, 2.05) is 31.7 Å². The summed E-state index contributed by atoms with van der Waals surface area (Å²) in [4.78, 5) is 18.1. The van der Waals surface area contributed by atoms with Gasteiger partial charge in [-0.15, -0.1) is 0 Å². The van der Waals surface area contributed by atoms with E-state index in [-0.39, 0.29) is 11.9 Å². The highest BCUT2D eigenvalue weighted by atomic mass is 79.9. The Labute approximate surface area is 105 Å². The maximum atomic E-state index is 12.2. The summed E-state index contributed by atoms with van der Waals surface area (Å²) in [5.74, 6) is 0.0469. The lowest BCUT2D eigenvalue weighted by molar-refractivity contribution is 0.0719. The average molecular weight is 285 g/mol. The smallest absolute Gasteiger partial charge is 0.255 e. The molecule has 0 aliphatic rings. The topological polar surface area (TPSA) is 33.2 Å². The molecule has 0 aromatic carbocycles. The van der Waals surface area contributed by atoms with Gasteiger partial charge in [0.05, 0.1) is 5.56 Å². The van der Waals surface area contributed by atoms with E-state index in [0.29, 0.717) is 12.1 Å². The van der Waals surface area contributed by atoms with Crippen molar-refractivity contribution in [3.63, 3.8) is 0 Å². The molecule has 0 fully saturated rings. The first-order valence-corrected chi connectivity index (χ1v) is 6.47. The van der Waals surface area contributed by atoms with Gasteiger partial charge in [-0.3, -0.25) is 9.78 Å². The molecule has 3 nitrogen and oxygen atoms in total. The molecule has 0 unspecified atom stereocenters. The first-order chi connectivity index (χ1) is 7.56. The number of aryl methyl sites for hydroxylation is 1. The Morgan fingerprint density at radius 2 is 2.19 bits per heavy atom. The molecule has 1 heterocycles. The van der Waals surface area contributed by atoms with E-state index < -0.39 is 0 Å². The van der Waals surface area contributed by atoms with E-state index in [9.17, 15) is 4.79 Å². The molecule has 0 N–H and O–H groups in total. The lowest BCUT2D eigenvalue weighted by Gasteiger charge is -2.26. The fraction of sp³-hybridized carbons (Fsp3) is 0.500. The lowest BCUT2D eigenvalue weighted by Crippen LogP contribution is -2.38. The number of hydrogen-bond acceptors (Lipinski definition) is 2. The molecule has 1 aromatic rings. The third-order valence-corrected chi connectivity index (χ3v) is 2.69. The molecule has 1 amide bonds. The normalized spacial score (nSPS) is 10.6. The summed E-state index contributed by atoms with van der Waals surface area (Å²) in [5.41, 5.74) is 1.67. The van der Waals surface area contributed by atoms with Crippen LogP contribution in [0, 0.1) is 6.92 Å². The number of aromatic nitrogens is 1. The predicted molar refractivity (Wildman–Crippen MR) is 68.9 cm³/mol. The molecular weight excluding hydrogens is 268 g/mol. The maximum absolute atomic E-state index is 12.2. The van der Waals surface area contributed by atoms with E-state index in [0.717, 1.165) is 10.9 Å². The number of halogens is 1. The zero-order valence-corrected chi connectivity index (χ0v) is 11.5. The van der Waals surface area contributed by atoms with Gasteiger partial charge in [0.25, 0.3) is 5.91 Å². The molecule has 0 saturated carbocycles. The molecule has 0 aliphatic heterocycles. The number of carbonyl (C=O) groups is 1. The van der Waals surface area contributed by atoms with Crippen LogP contribution in [0.3, 0.4) is 0 Å². The number of rotatable bonds is 4. The van der Waals surface area contributed by atoms with Crippen LogP contribution in [0.5, 0.6) is 0 Å². The minimum atomic E-state index is 0.0469. The molecule has 0 saturated heterocycles. The third kappa shape index (κ3) is 3.30. The number of carbonyl (C=O) groups excluding carboxylic acids is 1. The van der Waals surface area contributed by atoms with Crippen LogP contribution in [-0.4, -0.2) is 33.7 Å². The van der Waals surface area contributed by atoms with Gasteiger partial charge in [0.15, 0.2) is 0 Å². The highest BCUT2D eigenvalue weighted by Crippen LogP contribution is 2.09. The van der Waals surface area contributed by atoms with Crippen molar-refractivity contribution in [3.05, 3.63) is 29.6 Å². The lowest BCUT2D eigenvalue weighted by atomic mass is 10.2. The summed E-state index contributed by atoms with van der Waals surface area (Å²) < 4.78 is 0. The van der Waals surface area contributed by atoms with Crippen molar-refractivity contribution in [2.75, 3.05) is 11.9 Å². The highest BCUT2D eigenvalue weighted by molar-refractivity contribution is 9.09. The fourth-order valence-corrected chi connectivity index (χ4v) is 1.91. The summed E-state index contributed by atoms with van der Waals surface area (Å²) in [6, 6.07) is 2.07. The van der Waals surface area contributed by atoms with Crippen LogP contribution < -0.4 is 0 Å². The van der Waals surface area contributed by atoms with Gasteiger partial charge in [0.2, 0.25) is 0 Å². The summed E-state index contributed by atoms with van der Waals surface area (Å²) in [6.45, 7) is 6.69. The fourth-order valence-electron chi connectivity index (χ4n) is 1.52. The Morgan fingerprint density at radius 3 is 2.69 bits per heavy atom. The van der Waals surface area contributed by atoms with Crippen LogP contribution in [-0.2, 0) is 0 Å². The largest absolute Gasteiger partial charge is 0.335 e. The van der Waals surface area contributed by atoms with Crippen LogP contribution in [0.1, 0.15) is 29.8 Å². The Bertz CT molecular complexity index is 366. The zero-order chi connectivity index (χ0) is 12.1. The van der Waals surface area contributed by atoms with Crippen LogP contribution in [0.25, 0.3) is 0 Å². The summed E-state index contributed by atoms with van der Waals surface area (Å²) in [5, 5.41) is 0.788. The van der Waals surface area contributed by atoms with Crippen molar-refractivity contribution in [3.8, 4) is 0 Å². The predicted octanol–water partition coefficient (Wildman–Crippen LogP) is 2.64. The molecule has 16 heavy (non-hydrogen) atoms. The second-order valence-corrected chi connectivity index (χ2v) is 4.83. The van der Waals surface area contributed by atoms with Crippen molar-refractivity contribution in [2.24, 2.45) is 0 Å². The van der Waals surface area contributed by atoms with Gasteiger partial charge >= 0.3 is 0 Å². The van der Waals surface area contributed by atoms with Crippen molar-refractivity contribution >= 4 is 21.8 Å². The first kappa shape index (κ1) is 13.2. The van der Waals surface area contributed by atoms with E-state index in [1.165, 1.54) is 0 Å². The van der Waals surface area contributed by atoms with E-state index >= 15 is 0 Å². The van der Waals surface area contributed by atoms with Gasteiger partial charge < -0.3 is 4.90 Å². The molecule has 0 spiro atoms. The summed E-state index contributed by atoms with van der Waals surface area (Å²) in [6.07, 6.45) is 3.37. The second-order valence-electron chi connectivity index (χ2n) is 4.03. The van der Waals surface area contributed by atoms with Crippen LogP contribution in [0.15, 0.2) is 18.5 Å². The number of amides is 1. The monoisotopic (exact) mass is 284 g/mol. The summed E-state index contributed by atoms with van der Waals surface area (Å²) in [7, 11) is 0. The van der Waals surface area contributed by atoms with Gasteiger partial charge in [-0.25, -0.2) is 0 Å². The average Bonchev–Trinajstić information content (AvgIpc) is 2.24. The van der Waals surface area contributed by atoms with Gasteiger partial charge in [0, 0.05) is 30.3 Å². The molecule has 1 aromatic heterocycles. The minimum absolute atomic E-state index is 0.0469. The third-order valence-electron chi connectivity index (χ3n) is 2.33. The Morgan fingerprint density at radius 1 is 1.50 bits per heavy atom. The molecule has 88 valence electrons. The van der Waals surface area contributed by atoms with Gasteiger partial charge in [0.1, 0.15) is 0 Å². The summed E-state index contributed by atoms with van der Waals surface area (Å²) >= 11 is 3.36. The highest BCUT2D eigenvalue weighted by Gasteiger charge is 2.18. The first-order valence-electron chi connectivity index (χ1n) is 5.35. The van der Waals surface area contributed by atoms with Crippen molar-refractivity contribution < 1.29 is 4.79 Å². The molecule has 4 heteroatoms.